The predicted molar refractivity (Wildman–Crippen MR) is 97.7 cm³/mol. The number of hydrogen-bond donors (Lipinski definition) is 2. The van der Waals surface area contributed by atoms with Crippen molar-refractivity contribution in [3.63, 3.8) is 0 Å². The van der Waals surface area contributed by atoms with E-state index in [0.29, 0.717) is 29.0 Å². The van der Waals surface area contributed by atoms with Gasteiger partial charge in [-0.05, 0) is 48.5 Å². The highest BCUT2D eigenvalue weighted by Crippen LogP contribution is 2.13. The van der Waals surface area contributed by atoms with Gasteiger partial charge in [-0.25, -0.2) is 4.79 Å². The lowest BCUT2D eigenvalue weighted by molar-refractivity contribution is -0.149. The smallest absolute Gasteiger partial charge is 0.344 e. The SMILES string of the molecule is CC(=O)Nc1ccc(NC(=O)COC(=O)COc2ccc(C=O)cc2)cc1. The first-order chi connectivity index (χ1) is 13.0. The van der Waals surface area contributed by atoms with Crippen molar-refractivity contribution < 1.29 is 28.7 Å². The molecule has 0 unspecified atom stereocenters. The Labute approximate surface area is 155 Å². The summed E-state index contributed by atoms with van der Waals surface area (Å²) in [5.41, 5.74) is 1.59. The van der Waals surface area contributed by atoms with Gasteiger partial charge in [0.2, 0.25) is 5.91 Å². The highest BCUT2D eigenvalue weighted by molar-refractivity contribution is 5.93. The Morgan fingerprint density at radius 1 is 0.889 bits per heavy atom. The molecule has 2 rings (SSSR count). The fourth-order valence-corrected chi connectivity index (χ4v) is 2.01. The minimum absolute atomic E-state index is 0.194. The molecule has 0 atom stereocenters. The molecule has 2 amide bonds. The number of carbonyl (C=O) groups excluding carboxylic acids is 4. The highest BCUT2D eigenvalue weighted by atomic mass is 16.6. The van der Waals surface area contributed by atoms with Gasteiger partial charge in [-0.15, -0.1) is 0 Å². The Morgan fingerprint density at radius 3 is 2.04 bits per heavy atom. The molecule has 0 bridgehead atoms. The van der Waals surface area contributed by atoms with Gasteiger partial charge < -0.3 is 20.1 Å². The zero-order chi connectivity index (χ0) is 19.6. The molecule has 140 valence electrons. The number of anilines is 2. The molecule has 0 aliphatic rings. The molecule has 27 heavy (non-hydrogen) atoms. The zero-order valence-electron chi connectivity index (χ0n) is 14.6. The summed E-state index contributed by atoms with van der Waals surface area (Å²) in [5, 5.41) is 5.17. The fraction of sp³-hybridized carbons (Fsp3) is 0.158. The normalized spacial score (nSPS) is 9.81. The number of aldehydes is 1. The second-order valence-corrected chi connectivity index (χ2v) is 5.44. The quantitative estimate of drug-likeness (QED) is 0.543. The molecule has 0 spiro atoms. The standard InChI is InChI=1S/C19H18N2O6/c1-13(23)20-15-4-6-16(7-5-15)21-18(24)11-27-19(25)12-26-17-8-2-14(10-22)3-9-17/h2-10H,11-12H2,1H3,(H,20,23)(H,21,24). The monoisotopic (exact) mass is 370 g/mol. The third-order valence-electron chi connectivity index (χ3n) is 3.23. The highest BCUT2D eigenvalue weighted by Gasteiger charge is 2.09. The Morgan fingerprint density at radius 2 is 1.48 bits per heavy atom. The van der Waals surface area contributed by atoms with Crippen molar-refractivity contribution in [3.05, 3.63) is 54.1 Å². The number of ether oxygens (including phenoxy) is 2. The zero-order valence-corrected chi connectivity index (χ0v) is 14.6. The summed E-state index contributed by atoms with van der Waals surface area (Å²) in [6, 6.07) is 12.7. The van der Waals surface area contributed by atoms with Gasteiger partial charge in [-0.1, -0.05) is 0 Å². The summed E-state index contributed by atoms with van der Waals surface area (Å²) >= 11 is 0. The molecule has 2 N–H and O–H groups in total. The molecule has 8 heteroatoms. The third kappa shape index (κ3) is 6.99. The van der Waals surface area contributed by atoms with Crippen molar-refractivity contribution in [1.29, 1.82) is 0 Å². The summed E-state index contributed by atoms with van der Waals surface area (Å²) in [7, 11) is 0. The molecular weight excluding hydrogens is 352 g/mol. The van der Waals surface area contributed by atoms with Crippen molar-refractivity contribution in [2.75, 3.05) is 23.8 Å². The Kier molecular flexibility index (Phi) is 7.07. The summed E-state index contributed by atoms with van der Waals surface area (Å²) in [4.78, 5) is 44.9. The maximum Gasteiger partial charge on any atom is 0.344 e. The van der Waals surface area contributed by atoms with Crippen LogP contribution in [0.25, 0.3) is 0 Å². The minimum atomic E-state index is -0.703. The van der Waals surface area contributed by atoms with Crippen LogP contribution in [0.2, 0.25) is 0 Å². The van der Waals surface area contributed by atoms with Crippen LogP contribution >= 0.6 is 0 Å². The molecule has 0 saturated heterocycles. The van der Waals surface area contributed by atoms with E-state index < -0.39 is 18.5 Å². The molecule has 0 heterocycles. The number of benzene rings is 2. The van der Waals surface area contributed by atoms with Crippen LogP contribution in [0.1, 0.15) is 17.3 Å². The average molecular weight is 370 g/mol. The molecular formula is C19H18N2O6. The molecule has 8 nitrogen and oxygen atoms in total. The molecule has 0 aromatic heterocycles. The lowest BCUT2D eigenvalue weighted by Gasteiger charge is -2.09. The molecule has 2 aromatic rings. The fourth-order valence-electron chi connectivity index (χ4n) is 2.01. The third-order valence-corrected chi connectivity index (χ3v) is 3.23. The first-order valence-electron chi connectivity index (χ1n) is 7.97. The van der Waals surface area contributed by atoms with E-state index in [2.05, 4.69) is 10.6 Å². The first kappa shape index (κ1) is 19.6. The van der Waals surface area contributed by atoms with Gasteiger partial charge in [0.1, 0.15) is 12.0 Å². The van der Waals surface area contributed by atoms with Crippen molar-refractivity contribution in [3.8, 4) is 5.75 Å². The Bertz CT molecular complexity index is 815. The lowest BCUT2D eigenvalue weighted by Crippen LogP contribution is -2.23. The minimum Gasteiger partial charge on any atom is -0.482 e. The summed E-state index contributed by atoms with van der Waals surface area (Å²) in [5.74, 6) is -1.00. The summed E-state index contributed by atoms with van der Waals surface area (Å²) in [6.45, 7) is 0.576. The van der Waals surface area contributed by atoms with E-state index in [1.807, 2.05) is 0 Å². The molecule has 0 saturated carbocycles. The van der Waals surface area contributed by atoms with Gasteiger partial charge >= 0.3 is 5.97 Å². The van der Waals surface area contributed by atoms with Crippen LogP contribution in [-0.4, -0.2) is 37.3 Å². The van der Waals surface area contributed by atoms with Crippen molar-refractivity contribution >= 4 is 35.4 Å². The predicted octanol–water partition coefficient (Wildman–Crippen LogP) is 2.02. The average Bonchev–Trinajstić information content (AvgIpc) is 2.66. The Hall–Kier alpha value is -3.68. The van der Waals surface area contributed by atoms with E-state index in [9.17, 15) is 19.2 Å². The van der Waals surface area contributed by atoms with E-state index in [1.165, 1.54) is 6.92 Å². The maximum absolute atomic E-state index is 11.8. The van der Waals surface area contributed by atoms with Crippen molar-refractivity contribution in [2.24, 2.45) is 0 Å². The van der Waals surface area contributed by atoms with Crippen LogP contribution in [0.15, 0.2) is 48.5 Å². The van der Waals surface area contributed by atoms with Crippen LogP contribution in [0.5, 0.6) is 5.75 Å². The number of carbonyl (C=O) groups is 4. The number of amides is 2. The van der Waals surface area contributed by atoms with Gasteiger partial charge in [0.25, 0.3) is 5.91 Å². The number of hydrogen-bond acceptors (Lipinski definition) is 6. The molecule has 0 aliphatic carbocycles. The van der Waals surface area contributed by atoms with Gasteiger partial charge in [-0.3, -0.25) is 14.4 Å². The summed E-state index contributed by atoms with van der Waals surface area (Å²) < 4.78 is 10.0. The first-order valence-corrected chi connectivity index (χ1v) is 7.97. The molecule has 0 fully saturated rings. The topological polar surface area (TPSA) is 111 Å². The summed E-state index contributed by atoms with van der Waals surface area (Å²) in [6.07, 6.45) is 0.698. The molecule has 0 aliphatic heterocycles. The molecule has 0 radical (unpaired) electrons. The number of esters is 1. The van der Waals surface area contributed by atoms with Gasteiger partial charge in [0.15, 0.2) is 13.2 Å². The van der Waals surface area contributed by atoms with Crippen LogP contribution in [-0.2, 0) is 19.1 Å². The van der Waals surface area contributed by atoms with Gasteiger partial charge in [0.05, 0.1) is 0 Å². The number of rotatable bonds is 8. The van der Waals surface area contributed by atoms with Crippen LogP contribution in [0, 0.1) is 0 Å². The van der Waals surface area contributed by atoms with E-state index in [4.69, 9.17) is 9.47 Å². The van der Waals surface area contributed by atoms with Crippen LogP contribution < -0.4 is 15.4 Å². The lowest BCUT2D eigenvalue weighted by atomic mass is 10.2. The maximum atomic E-state index is 11.8. The van der Waals surface area contributed by atoms with Gasteiger partial charge in [-0.2, -0.15) is 0 Å². The largest absolute Gasteiger partial charge is 0.482 e. The molecule has 2 aromatic carbocycles. The van der Waals surface area contributed by atoms with E-state index in [-0.39, 0.29) is 12.5 Å². The van der Waals surface area contributed by atoms with E-state index in [0.717, 1.165) is 0 Å². The van der Waals surface area contributed by atoms with Crippen molar-refractivity contribution in [2.45, 2.75) is 6.92 Å². The van der Waals surface area contributed by atoms with Gasteiger partial charge in [0, 0.05) is 23.9 Å². The second-order valence-electron chi connectivity index (χ2n) is 5.44. The van der Waals surface area contributed by atoms with Crippen LogP contribution in [0.4, 0.5) is 11.4 Å². The second kappa shape index (κ2) is 9.71. The van der Waals surface area contributed by atoms with Crippen molar-refractivity contribution in [1.82, 2.24) is 0 Å². The van der Waals surface area contributed by atoms with Crippen LogP contribution in [0.3, 0.4) is 0 Å². The Balaban J connectivity index is 1.71. The van der Waals surface area contributed by atoms with E-state index >= 15 is 0 Å². The van der Waals surface area contributed by atoms with E-state index in [1.54, 1.807) is 48.5 Å². The number of nitrogens with one attached hydrogen (secondary N) is 2.